The Hall–Kier alpha value is -2.05. The molecule has 3 heteroatoms. The Morgan fingerprint density at radius 2 is 1.78 bits per heavy atom. The number of rotatable bonds is 2. The van der Waals surface area contributed by atoms with Gasteiger partial charge in [0.05, 0.1) is 11.6 Å². The average Bonchev–Trinajstić information content (AvgIpc) is 2.39. The third kappa shape index (κ3) is 2.79. The Morgan fingerprint density at radius 1 is 1.11 bits per heavy atom. The average molecular weight is 300 g/mol. The summed E-state index contributed by atoms with van der Waals surface area (Å²) in [7, 11) is 0. The Kier molecular flexibility index (Phi) is 3.81. The lowest BCUT2D eigenvalue weighted by atomic mass is 10.0. The van der Waals surface area contributed by atoms with E-state index in [4.69, 9.17) is 0 Å². The van der Waals surface area contributed by atoms with Crippen LogP contribution in [-0.4, -0.2) is 5.11 Å². The molecule has 2 aromatic carbocycles. The lowest BCUT2D eigenvalue weighted by molar-refractivity contribution is 0.474. The van der Waals surface area contributed by atoms with Gasteiger partial charge in [-0.15, -0.1) is 0 Å². The minimum Gasteiger partial charge on any atom is -0.507 e. The van der Waals surface area contributed by atoms with Crippen LogP contribution in [0.4, 0.5) is 0 Å². The van der Waals surface area contributed by atoms with Gasteiger partial charge in [-0.3, -0.25) is 0 Å². The maximum absolute atomic E-state index is 9.68. The Bertz CT molecular complexity index is 624. The first-order valence-electron chi connectivity index (χ1n) is 5.36. The first-order chi connectivity index (χ1) is 8.70. The van der Waals surface area contributed by atoms with Gasteiger partial charge < -0.3 is 5.11 Å². The molecule has 88 valence electrons. The van der Waals surface area contributed by atoms with E-state index in [-0.39, 0.29) is 5.75 Å². The molecule has 0 aromatic heterocycles. The molecule has 0 radical (unpaired) electrons. The van der Waals surface area contributed by atoms with Crippen LogP contribution in [0.15, 0.2) is 53.0 Å². The number of phenols is 1. The quantitative estimate of drug-likeness (QED) is 0.666. The van der Waals surface area contributed by atoms with Crippen molar-refractivity contribution >= 4 is 27.6 Å². The van der Waals surface area contributed by atoms with Crippen molar-refractivity contribution in [1.82, 2.24) is 0 Å². The van der Waals surface area contributed by atoms with Crippen LogP contribution in [0.1, 0.15) is 11.1 Å². The summed E-state index contributed by atoms with van der Waals surface area (Å²) in [4.78, 5) is 0. The standard InChI is InChI=1S/C15H10BrNO/c16-14-7-5-11(6-8-14)13(10-17)9-12-3-1-2-4-15(12)18/h1-9,18H/b13-9+. The van der Waals surface area contributed by atoms with Crippen molar-refractivity contribution in [2.45, 2.75) is 0 Å². The van der Waals surface area contributed by atoms with E-state index in [0.29, 0.717) is 11.1 Å². The van der Waals surface area contributed by atoms with Crippen LogP contribution in [0, 0.1) is 11.3 Å². The van der Waals surface area contributed by atoms with Gasteiger partial charge in [0.2, 0.25) is 0 Å². The van der Waals surface area contributed by atoms with Gasteiger partial charge in [0.25, 0.3) is 0 Å². The molecule has 18 heavy (non-hydrogen) atoms. The fourth-order valence-corrected chi connectivity index (χ4v) is 1.84. The second kappa shape index (κ2) is 5.52. The second-order valence-corrected chi connectivity index (χ2v) is 4.65. The van der Waals surface area contributed by atoms with E-state index in [2.05, 4.69) is 22.0 Å². The molecule has 0 amide bonds. The highest BCUT2D eigenvalue weighted by molar-refractivity contribution is 9.10. The van der Waals surface area contributed by atoms with E-state index in [9.17, 15) is 10.4 Å². The summed E-state index contributed by atoms with van der Waals surface area (Å²) in [5.74, 6) is 0.169. The van der Waals surface area contributed by atoms with E-state index in [1.54, 1.807) is 24.3 Å². The fourth-order valence-electron chi connectivity index (χ4n) is 1.57. The van der Waals surface area contributed by atoms with Gasteiger partial charge in [0.1, 0.15) is 5.75 Å². The zero-order valence-electron chi connectivity index (χ0n) is 9.47. The number of phenolic OH excluding ortho intramolecular Hbond substituents is 1. The molecule has 2 nitrogen and oxygen atoms in total. The van der Waals surface area contributed by atoms with Crippen LogP contribution in [0.5, 0.6) is 5.75 Å². The van der Waals surface area contributed by atoms with Gasteiger partial charge in [-0.2, -0.15) is 5.26 Å². The third-order valence-corrected chi connectivity index (χ3v) is 3.04. The summed E-state index contributed by atoms with van der Waals surface area (Å²) < 4.78 is 0.964. The summed E-state index contributed by atoms with van der Waals surface area (Å²) in [6.45, 7) is 0. The molecule has 0 bridgehead atoms. The fraction of sp³-hybridized carbons (Fsp3) is 0. The zero-order chi connectivity index (χ0) is 13.0. The van der Waals surface area contributed by atoms with E-state index < -0.39 is 0 Å². The number of benzene rings is 2. The van der Waals surface area contributed by atoms with Gasteiger partial charge in [-0.05, 0) is 29.8 Å². The molecule has 2 aromatic rings. The molecule has 2 rings (SSSR count). The molecule has 0 unspecified atom stereocenters. The number of hydrogen-bond acceptors (Lipinski definition) is 2. The predicted octanol–water partition coefficient (Wildman–Crippen LogP) is 4.22. The molecule has 1 N–H and O–H groups in total. The van der Waals surface area contributed by atoms with Crippen LogP contribution in [0.3, 0.4) is 0 Å². The van der Waals surface area contributed by atoms with E-state index in [0.717, 1.165) is 10.0 Å². The molecule has 0 aliphatic rings. The normalized spacial score (nSPS) is 11.0. The monoisotopic (exact) mass is 299 g/mol. The van der Waals surface area contributed by atoms with Crippen LogP contribution in [0.2, 0.25) is 0 Å². The SMILES string of the molecule is N#C/C(=C\c1ccccc1O)c1ccc(Br)cc1. The van der Waals surface area contributed by atoms with Crippen LogP contribution < -0.4 is 0 Å². The zero-order valence-corrected chi connectivity index (χ0v) is 11.1. The van der Waals surface area contributed by atoms with Gasteiger partial charge >= 0.3 is 0 Å². The van der Waals surface area contributed by atoms with Gasteiger partial charge in [0, 0.05) is 10.0 Å². The highest BCUT2D eigenvalue weighted by atomic mass is 79.9. The maximum Gasteiger partial charge on any atom is 0.122 e. The Labute approximate surface area is 114 Å². The number of nitrogens with zero attached hydrogens (tertiary/aromatic N) is 1. The third-order valence-electron chi connectivity index (χ3n) is 2.51. The number of nitriles is 1. The van der Waals surface area contributed by atoms with Crippen molar-refractivity contribution in [1.29, 1.82) is 5.26 Å². The minimum atomic E-state index is 0.169. The molecular formula is C15H10BrNO. The van der Waals surface area contributed by atoms with Gasteiger partial charge in [0.15, 0.2) is 0 Å². The molecule has 0 saturated carbocycles. The van der Waals surface area contributed by atoms with Crippen molar-refractivity contribution in [3.63, 3.8) is 0 Å². The topological polar surface area (TPSA) is 44.0 Å². The molecule has 0 fully saturated rings. The summed E-state index contributed by atoms with van der Waals surface area (Å²) in [6, 6.07) is 16.6. The number of hydrogen-bond donors (Lipinski definition) is 1. The first kappa shape index (κ1) is 12.4. The highest BCUT2D eigenvalue weighted by Gasteiger charge is 2.03. The lowest BCUT2D eigenvalue weighted by Crippen LogP contribution is -1.82. The lowest BCUT2D eigenvalue weighted by Gasteiger charge is -2.01. The van der Waals surface area contributed by atoms with Gasteiger partial charge in [-0.25, -0.2) is 0 Å². The van der Waals surface area contributed by atoms with E-state index in [1.165, 1.54) is 0 Å². The Morgan fingerprint density at radius 3 is 2.39 bits per heavy atom. The Balaban J connectivity index is 2.44. The molecular weight excluding hydrogens is 290 g/mol. The predicted molar refractivity (Wildman–Crippen MR) is 75.7 cm³/mol. The van der Waals surface area contributed by atoms with E-state index in [1.807, 2.05) is 30.3 Å². The highest BCUT2D eigenvalue weighted by Crippen LogP contribution is 2.24. The molecule has 0 aliphatic carbocycles. The van der Waals surface area contributed by atoms with Crippen molar-refractivity contribution in [3.8, 4) is 11.8 Å². The summed E-state index contributed by atoms with van der Waals surface area (Å²) in [6.07, 6.45) is 1.68. The number of aromatic hydroxyl groups is 1. The van der Waals surface area contributed by atoms with Gasteiger partial charge in [-0.1, -0.05) is 46.3 Å². The number of allylic oxidation sites excluding steroid dienone is 1. The smallest absolute Gasteiger partial charge is 0.122 e. The minimum absolute atomic E-state index is 0.169. The molecule has 0 heterocycles. The van der Waals surface area contributed by atoms with Crippen molar-refractivity contribution < 1.29 is 5.11 Å². The van der Waals surface area contributed by atoms with Crippen LogP contribution in [-0.2, 0) is 0 Å². The van der Waals surface area contributed by atoms with E-state index >= 15 is 0 Å². The van der Waals surface area contributed by atoms with Crippen molar-refractivity contribution in [3.05, 3.63) is 64.1 Å². The van der Waals surface area contributed by atoms with Crippen molar-refractivity contribution in [2.75, 3.05) is 0 Å². The van der Waals surface area contributed by atoms with Crippen LogP contribution >= 0.6 is 15.9 Å². The largest absolute Gasteiger partial charge is 0.507 e. The molecule has 0 aliphatic heterocycles. The summed E-state index contributed by atoms with van der Waals surface area (Å²) in [5.41, 5.74) is 1.98. The summed E-state index contributed by atoms with van der Waals surface area (Å²) >= 11 is 3.35. The summed E-state index contributed by atoms with van der Waals surface area (Å²) in [5, 5.41) is 18.9. The first-order valence-corrected chi connectivity index (χ1v) is 6.16. The molecule has 0 saturated heterocycles. The molecule has 0 atom stereocenters. The van der Waals surface area contributed by atoms with Crippen molar-refractivity contribution in [2.24, 2.45) is 0 Å². The maximum atomic E-state index is 9.68. The number of para-hydroxylation sites is 1. The molecule has 0 spiro atoms. The second-order valence-electron chi connectivity index (χ2n) is 3.74. The number of halogens is 1. The van der Waals surface area contributed by atoms with Crippen LogP contribution in [0.25, 0.3) is 11.6 Å².